The number of aromatic amines is 1. The monoisotopic (exact) mass is 403 g/mol. The Morgan fingerprint density at radius 2 is 2.10 bits per heavy atom. The van der Waals surface area contributed by atoms with Crippen LogP contribution in [0.5, 0.6) is 0 Å². The molecule has 8 nitrogen and oxygen atoms in total. The first-order valence-corrected chi connectivity index (χ1v) is 9.94. The number of amides is 2. The molecule has 1 saturated carbocycles. The number of aromatic nitrogens is 1. The van der Waals surface area contributed by atoms with Crippen molar-refractivity contribution in [3.63, 3.8) is 0 Å². The van der Waals surface area contributed by atoms with Gasteiger partial charge in [0.2, 0.25) is 0 Å². The summed E-state index contributed by atoms with van der Waals surface area (Å²) in [7, 11) is 0. The summed E-state index contributed by atoms with van der Waals surface area (Å²) in [5.74, 6) is -0.381. The Bertz CT molecular complexity index is 1190. The van der Waals surface area contributed by atoms with Crippen molar-refractivity contribution in [1.82, 2.24) is 15.7 Å². The van der Waals surface area contributed by atoms with Crippen LogP contribution in [0, 0.1) is 0 Å². The minimum atomic E-state index is -1.19. The van der Waals surface area contributed by atoms with Crippen molar-refractivity contribution in [2.75, 3.05) is 5.32 Å². The number of hydrazone groups is 1. The smallest absolute Gasteiger partial charge is 0.409 e. The highest BCUT2D eigenvalue weighted by Crippen LogP contribution is 2.35. The van der Waals surface area contributed by atoms with E-state index in [4.69, 9.17) is 5.11 Å². The first-order chi connectivity index (χ1) is 14.6. The number of hydrogen-bond acceptors (Lipinski definition) is 4. The van der Waals surface area contributed by atoms with Crippen molar-refractivity contribution in [2.24, 2.45) is 5.10 Å². The zero-order chi connectivity index (χ0) is 20.7. The lowest BCUT2D eigenvalue weighted by Gasteiger charge is -2.26. The van der Waals surface area contributed by atoms with E-state index in [2.05, 4.69) is 38.3 Å². The third-order valence-corrected chi connectivity index (χ3v) is 5.71. The molecule has 0 radical (unpaired) electrons. The predicted octanol–water partition coefficient (Wildman–Crippen LogP) is 3.64. The maximum atomic E-state index is 12.5. The van der Waals surface area contributed by atoms with E-state index < -0.39 is 6.09 Å². The van der Waals surface area contributed by atoms with Crippen LogP contribution in [0.15, 0.2) is 41.5 Å². The Morgan fingerprint density at radius 1 is 1.23 bits per heavy atom. The third-order valence-electron chi connectivity index (χ3n) is 5.71. The number of anilines is 1. The summed E-state index contributed by atoms with van der Waals surface area (Å²) < 4.78 is 0. The van der Waals surface area contributed by atoms with Crippen molar-refractivity contribution in [1.29, 1.82) is 0 Å². The van der Waals surface area contributed by atoms with E-state index in [-0.39, 0.29) is 5.91 Å². The van der Waals surface area contributed by atoms with Gasteiger partial charge >= 0.3 is 6.09 Å². The number of nitrogens with one attached hydrogen (secondary N) is 4. The van der Waals surface area contributed by atoms with Gasteiger partial charge < -0.3 is 15.4 Å². The largest absolute Gasteiger partial charge is 0.465 e. The minimum Gasteiger partial charge on any atom is -0.465 e. The summed E-state index contributed by atoms with van der Waals surface area (Å²) in [6, 6.07) is 12.1. The molecule has 2 aromatic carbocycles. The SMILES string of the molecule is O=C(O)Nc1cc2c3c(c(-c4cccc(CNC5CCC5)c4)[nH]c3c1)C=NNC2=O. The van der Waals surface area contributed by atoms with Gasteiger partial charge in [0, 0.05) is 34.7 Å². The molecule has 2 heterocycles. The molecular weight excluding hydrogens is 382 g/mol. The van der Waals surface area contributed by atoms with Crippen LogP contribution < -0.4 is 16.1 Å². The molecule has 30 heavy (non-hydrogen) atoms. The summed E-state index contributed by atoms with van der Waals surface area (Å²) in [5.41, 5.74) is 7.64. The Balaban J connectivity index is 1.59. The summed E-state index contributed by atoms with van der Waals surface area (Å²) in [4.78, 5) is 26.9. The summed E-state index contributed by atoms with van der Waals surface area (Å²) in [6.07, 6.45) is 4.21. The molecule has 0 saturated heterocycles. The van der Waals surface area contributed by atoms with Crippen molar-refractivity contribution in [3.8, 4) is 11.3 Å². The van der Waals surface area contributed by atoms with Gasteiger partial charge in [-0.05, 0) is 42.2 Å². The average molecular weight is 403 g/mol. The second-order valence-corrected chi connectivity index (χ2v) is 7.70. The van der Waals surface area contributed by atoms with E-state index in [1.165, 1.54) is 30.9 Å². The maximum Gasteiger partial charge on any atom is 0.409 e. The first kappa shape index (κ1) is 18.4. The van der Waals surface area contributed by atoms with Crippen LogP contribution in [0.3, 0.4) is 0 Å². The number of H-pyrrole nitrogens is 1. The number of benzene rings is 2. The fourth-order valence-electron chi connectivity index (χ4n) is 4.02. The molecule has 3 aromatic rings. The van der Waals surface area contributed by atoms with E-state index >= 15 is 0 Å². The molecule has 1 aliphatic carbocycles. The van der Waals surface area contributed by atoms with Gasteiger partial charge in [0.25, 0.3) is 5.91 Å². The lowest BCUT2D eigenvalue weighted by Crippen LogP contribution is -2.34. The van der Waals surface area contributed by atoms with Gasteiger partial charge in [-0.15, -0.1) is 0 Å². The van der Waals surface area contributed by atoms with Crippen LogP contribution in [-0.2, 0) is 6.54 Å². The molecule has 1 aromatic heterocycles. The van der Waals surface area contributed by atoms with Gasteiger partial charge in [0.15, 0.2) is 0 Å². The molecule has 8 heteroatoms. The lowest BCUT2D eigenvalue weighted by molar-refractivity contribution is 0.0957. The van der Waals surface area contributed by atoms with E-state index in [9.17, 15) is 9.59 Å². The number of rotatable bonds is 5. The highest BCUT2D eigenvalue weighted by molar-refractivity contribution is 6.18. The van der Waals surface area contributed by atoms with Gasteiger partial charge in [0.05, 0.1) is 17.5 Å². The third kappa shape index (κ3) is 3.31. The summed E-state index contributed by atoms with van der Waals surface area (Å²) >= 11 is 0. The molecule has 0 bridgehead atoms. The first-order valence-electron chi connectivity index (χ1n) is 9.94. The van der Waals surface area contributed by atoms with Gasteiger partial charge in [-0.2, -0.15) is 5.10 Å². The molecule has 5 rings (SSSR count). The van der Waals surface area contributed by atoms with Crippen LogP contribution in [0.4, 0.5) is 10.5 Å². The zero-order valence-electron chi connectivity index (χ0n) is 16.2. The fourth-order valence-corrected chi connectivity index (χ4v) is 4.02. The molecule has 0 atom stereocenters. The predicted molar refractivity (Wildman–Crippen MR) is 115 cm³/mol. The Hall–Kier alpha value is -3.65. The Labute approximate surface area is 172 Å². The summed E-state index contributed by atoms with van der Waals surface area (Å²) in [5, 5.41) is 19.7. The van der Waals surface area contributed by atoms with Gasteiger partial charge in [0.1, 0.15) is 0 Å². The van der Waals surface area contributed by atoms with E-state index in [0.717, 1.165) is 28.8 Å². The minimum absolute atomic E-state index is 0.319. The second kappa shape index (κ2) is 7.31. The van der Waals surface area contributed by atoms with Crippen LogP contribution in [0.25, 0.3) is 22.2 Å². The molecule has 0 spiro atoms. The highest BCUT2D eigenvalue weighted by Gasteiger charge is 2.22. The van der Waals surface area contributed by atoms with Crippen LogP contribution in [-0.4, -0.2) is 34.3 Å². The van der Waals surface area contributed by atoms with Gasteiger partial charge in [-0.25, -0.2) is 10.2 Å². The quantitative estimate of drug-likeness (QED) is 0.447. The van der Waals surface area contributed by atoms with Crippen molar-refractivity contribution in [2.45, 2.75) is 31.8 Å². The molecule has 2 amide bonds. The average Bonchev–Trinajstić information content (AvgIpc) is 2.95. The molecule has 0 unspecified atom stereocenters. The van der Waals surface area contributed by atoms with Crippen molar-refractivity contribution in [3.05, 3.63) is 53.1 Å². The van der Waals surface area contributed by atoms with Crippen LogP contribution in [0.2, 0.25) is 0 Å². The fraction of sp³-hybridized carbons (Fsp3) is 0.227. The number of carbonyl (C=O) groups excluding carboxylic acids is 1. The van der Waals surface area contributed by atoms with Crippen LogP contribution >= 0.6 is 0 Å². The zero-order valence-corrected chi connectivity index (χ0v) is 16.2. The molecule has 1 fully saturated rings. The molecular formula is C22H21N5O3. The standard InChI is InChI=1S/C22H21N5O3/c28-21-16-8-15(25-22(29)30)9-18-19(16)17(11-24-27-21)20(26-18)13-4-1-3-12(7-13)10-23-14-5-2-6-14/h1,3-4,7-9,11,14,23,25-26H,2,5-6,10H2,(H,27,28)(H,29,30). The molecule has 2 aliphatic rings. The normalized spacial score (nSPS) is 15.5. The number of carboxylic acid groups (broad SMARTS) is 1. The van der Waals surface area contributed by atoms with Crippen LogP contribution in [0.1, 0.15) is 40.7 Å². The van der Waals surface area contributed by atoms with Crippen molar-refractivity contribution < 1.29 is 14.7 Å². The Morgan fingerprint density at radius 3 is 2.87 bits per heavy atom. The van der Waals surface area contributed by atoms with E-state index in [1.54, 1.807) is 12.3 Å². The van der Waals surface area contributed by atoms with E-state index in [0.29, 0.717) is 22.8 Å². The highest BCUT2D eigenvalue weighted by atomic mass is 16.4. The number of carbonyl (C=O) groups is 2. The number of nitrogens with zero attached hydrogens (tertiary/aromatic N) is 1. The molecule has 152 valence electrons. The summed E-state index contributed by atoms with van der Waals surface area (Å²) in [6.45, 7) is 0.806. The topological polar surface area (TPSA) is 119 Å². The number of hydrogen-bond donors (Lipinski definition) is 5. The molecule has 1 aliphatic heterocycles. The van der Waals surface area contributed by atoms with Crippen molar-refractivity contribution >= 4 is 34.8 Å². The Kier molecular flexibility index (Phi) is 4.48. The maximum absolute atomic E-state index is 12.5. The van der Waals surface area contributed by atoms with E-state index in [1.807, 2.05) is 12.1 Å². The molecule has 5 N–H and O–H groups in total. The lowest BCUT2D eigenvalue weighted by atomic mass is 9.93. The van der Waals surface area contributed by atoms with Gasteiger partial charge in [-0.3, -0.25) is 10.1 Å². The second-order valence-electron chi connectivity index (χ2n) is 7.70. The van der Waals surface area contributed by atoms with Gasteiger partial charge in [-0.1, -0.05) is 24.6 Å².